The summed E-state index contributed by atoms with van der Waals surface area (Å²) in [6.07, 6.45) is -7.13. The summed E-state index contributed by atoms with van der Waals surface area (Å²) in [7, 11) is 0. The minimum atomic E-state index is -4.88. The van der Waals surface area contributed by atoms with E-state index < -0.39 is 40.0 Å². The van der Waals surface area contributed by atoms with Crippen molar-refractivity contribution in [3.63, 3.8) is 0 Å². The van der Waals surface area contributed by atoms with Gasteiger partial charge in [-0.25, -0.2) is 4.79 Å². The van der Waals surface area contributed by atoms with Crippen molar-refractivity contribution in [1.82, 2.24) is 0 Å². The number of alkyl halides is 3. The number of carboxylic acid groups (broad SMARTS) is 1. The molecule has 1 aromatic rings. The van der Waals surface area contributed by atoms with Crippen LogP contribution >= 0.6 is 0 Å². The van der Waals surface area contributed by atoms with Crippen LogP contribution in [0.1, 0.15) is 17.2 Å². The highest BCUT2D eigenvalue weighted by Crippen LogP contribution is 2.34. The third-order valence-corrected chi connectivity index (χ3v) is 2.03. The predicted molar refractivity (Wildman–Crippen MR) is 50.7 cm³/mol. The number of non-ortho nitro benzene ring substituents is 1. The summed E-state index contributed by atoms with van der Waals surface area (Å²) >= 11 is 0. The van der Waals surface area contributed by atoms with E-state index in [0.717, 1.165) is 0 Å². The van der Waals surface area contributed by atoms with Crippen LogP contribution in [0.15, 0.2) is 18.2 Å². The molecule has 0 radical (unpaired) electrons. The lowest BCUT2D eigenvalue weighted by atomic mass is 10.0. The van der Waals surface area contributed by atoms with Gasteiger partial charge in [0.1, 0.15) is 0 Å². The molecule has 9 heteroatoms. The van der Waals surface area contributed by atoms with Gasteiger partial charge >= 0.3 is 12.1 Å². The van der Waals surface area contributed by atoms with Gasteiger partial charge < -0.3 is 10.2 Å². The molecule has 0 heterocycles. The van der Waals surface area contributed by atoms with Crippen LogP contribution in [0, 0.1) is 10.1 Å². The molecule has 18 heavy (non-hydrogen) atoms. The number of nitro benzene ring substituents is 1. The number of carboxylic acids is 1. The molecule has 0 aromatic heterocycles. The normalized spacial score (nSPS) is 13.1. The van der Waals surface area contributed by atoms with E-state index in [1.54, 1.807) is 0 Å². The van der Waals surface area contributed by atoms with Crippen LogP contribution < -0.4 is 0 Å². The van der Waals surface area contributed by atoms with Crippen LogP contribution in [0.25, 0.3) is 0 Å². The molecular weight excluding hydrogens is 259 g/mol. The van der Waals surface area contributed by atoms with Gasteiger partial charge in [0.05, 0.1) is 10.5 Å². The van der Waals surface area contributed by atoms with Crippen LogP contribution in [0.3, 0.4) is 0 Å². The summed E-state index contributed by atoms with van der Waals surface area (Å²) in [4.78, 5) is 19.8. The summed E-state index contributed by atoms with van der Waals surface area (Å²) in [6.45, 7) is 0. The van der Waals surface area contributed by atoms with E-state index in [1.165, 1.54) is 0 Å². The maximum Gasteiger partial charge on any atom is 0.416 e. The minimum Gasteiger partial charge on any atom is -0.479 e. The number of benzene rings is 1. The number of hydrogen-bond acceptors (Lipinski definition) is 4. The Morgan fingerprint density at radius 3 is 2.28 bits per heavy atom. The molecule has 1 atom stereocenters. The fourth-order valence-electron chi connectivity index (χ4n) is 1.20. The average Bonchev–Trinajstić information content (AvgIpc) is 2.26. The lowest BCUT2D eigenvalue weighted by Crippen LogP contribution is -2.13. The number of aliphatic hydroxyl groups excluding tert-OH is 1. The monoisotopic (exact) mass is 265 g/mol. The Kier molecular flexibility index (Phi) is 3.56. The lowest BCUT2D eigenvalue weighted by molar-refractivity contribution is -0.385. The standard InChI is InChI=1S/C9H6F3NO5/c10-9(11,12)5-1-4(7(14)8(15)16)2-6(3-5)13(17)18/h1-3,7,14H,(H,15,16). The second-order valence-electron chi connectivity index (χ2n) is 3.31. The van der Waals surface area contributed by atoms with Crippen molar-refractivity contribution in [3.8, 4) is 0 Å². The fourth-order valence-corrected chi connectivity index (χ4v) is 1.20. The first kappa shape index (κ1) is 13.9. The molecule has 0 bridgehead atoms. The van der Waals surface area contributed by atoms with Crippen molar-refractivity contribution in [3.05, 3.63) is 39.4 Å². The molecule has 0 spiro atoms. The average molecular weight is 265 g/mol. The molecule has 0 amide bonds. The van der Waals surface area contributed by atoms with E-state index in [1.807, 2.05) is 0 Å². The molecule has 1 aromatic carbocycles. The quantitative estimate of drug-likeness (QED) is 0.640. The van der Waals surface area contributed by atoms with Gasteiger partial charge in [-0.15, -0.1) is 0 Å². The van der Waals surface area contributed by atoms with Gasteiger partial charge in [-0.3, -0.25) is 10.1 Å². The Bertz CT molecular complexity index is 499. The van der Waals surface area contributed by atoms with Gasteiger partial charge in [-0.05, 0) is 11.6 Å². The summed E-state index contributed by atoms with van der Waals surface area (Å²) in [5.74, 6) is -1.80. The van der Waals surface area contributed by atoms with Crippen molar-refractivity contribution in [1.29, 1.82) is 0 Å². The van der Waals surface area contributed by atoms with Crippen molar-refractivity contribution >= 4 is 11.7 Å². The highest BCUT2D eigenvalue weighted by molar-refractivity contribution is 5.74. The number of nitro groups is 1. The van der Waals surface area contributed by atoms with E-state index in [9.17, 15) is 28.1 Å². The second kappa shape index (κ2) is 4.61. The van der Waals surface area contributed by atoms with Gasteiger partial charge in [0.25, 0.3) is 5.69 Å². The smallest absolute Gasteiger partial charge is 0.416 e. The fraction of sp³-hybridized carbons (Fsp3) is 0.222. The molecule has 0 saturated carbocycles. The zero-order chi connectivity index (χ0) is 14.1. The Morgan fingerprint density at radius 1 is 1.33 bits per heavy atom. The molecule has 1 rings (SSSR count). The van der Waals surface area contributed by atoms with Gasteiger partial charge in [0.2, 0.25) is 0 Å². The second-order valence-corrected chi connectivity index (χ2v) is 3.31. The van der Waals surface area contributed by atoms with E-state index in [-0.39, 0.29) is 6.07 Å². The zero-order valence-electron chi connectivity index (χ0n) is 8.51. The lowest BCUT2D eigenvalue weighted by Gasteiger charge is -2.10. The SMILES string of the molecule is O=C(O)C(O)c1cc([N+](=O)[O-])cc(C(F)(F)F)c1. The predicted octanol–water partition coefficient (Wildman–Crippen LogP) is 1.73. The number of rotatable bonds is 3. The van der Waals surface area contributed by atoms with Crippen LogP contribution in [-0.2, 0) is 11.0 Å². The Hall–Kier alpha value is -2.16. The molecule has 0 aliphatic heterocycles. The van der Waals surface area contributed by atoms with Crippen molar-refractivity contribution in [2.75, 3.05) is 0 Å². The van der Waals surface area contributed by atoms with Crippen LogP contribution in [0.2, 0.25) is 0 Å². The van der Waals surface area contributed by atoms with Crippen molar-refractivity contribution in [2.45, 2.75) is 12.3 Å². The number of aliphatic hydroxyl groups is 1. The Morgan fingerprint density at radius 2 is 1.89 bits per heavy atom. The molecule has 1 unspecified atom stereocenters. The van der Waals surface area contributed by atoms with Crippen LogP contribution in [0.5, 0.6) is 0 Å². The summed E-state index contributed by atoms with van der Waals surface area (Å²) in [5.41, 5.74) is -3.05. The first-order chi connectivity index (χ1) is 8.12. The molecule has 6 nitrogen and oxygen atoms in total. The maximum absolute atomic E-state index is 12.4. The minimum absolute atomic E-state index is 0.262. The van der Waals surface area contributed by atoms with Crippen molar-refractivity contribution in [2.24, 2.45) is 0 Å². The van der Waals surface area contributed by atoms with Crippen LogP contribution in [-0.4, -0.2) is 21.1 Å². The number of hydrogen-bond donors (Lipinski definition) is 2. The molecule has 0 aliphatic rings. The molecule has 98 valence electrons. The molecule has 2 N–H and O–H groups in total. The van der Waals surface area contributed by atoms with Crippen LogP contribution in [0.4, 0.5) is 18.9 Å². The third kappa shape index (κ3) is 2.94. The summed E-state index contributed by atoms with van der Waals surface area (Å²) < 4.78 is 37.3. The third-order valence-electron chi connectivity index (χ3n) is 2.03. The molecule has 0 fully saturated rings. The van der Waals surface area contributed by atoms with Gasteiger partial charge in [0.15, 0.2) is 6.10 Å². The largest absolute Gasteiger partial charge is 0.479 e. The maximum atomic E-state index is 12.4. The zero-order valence-corrected chi connectivity index (χ0v) is 8.51. The Balaban J connectivity index is 3.40. The van der Waals surface area contributed by atoms with E-state index in [2.05, 4.69) is 0 Å². The van der Waals surface area contributed by atoms with Gasteiger partial charge in [-0.1, -0.05) is 0 Å². The van der Waals surface area contributed by atoms with E-state index >= 15 is 0 Å². The molecule has 0 aliphatic carbocycles. The Labute approximate surface area is 97.4 Å². The van der Waals surface area contributed by atoms with Gasteiger partial charge in [0, 0.05) is 12.1 Å². The van der Waals surface area contributed by atoms with Crippen molar-refractivity contribution < 1.29 is 33.1 Å². The highest BCUT2D eigenvalue weighted by atomic mass is 19.4. The highest BCUT2D eigenvalue weighted by Gasteiger charge is 2.34. The first-order valence-electron chi connectivity index (χ1n) is 4.40. The first-order valence-corrected chi connectivity index (χ1v) is 4.40. The molecular formula is C9H6F3NO5. The number of carbonyl (C=O) groups is 1. The topological polar surface area (TPSA) is 101 Å². The van der Waals surface area contributed by atoms with Gasteiger partial charge in [-0.2, -0.15) is 13.2 Å². The number of aliphatic carboxylic acids is 1. The van der Waals surface area contributed by atoms with E-state index in [4.69, 9.17) is 10.2 Å². The van der Waals surface area contributed by atoms with E-state index in [0.29, 0.717) is 12.1 Å². The number of halogens is 3. The number of nitrogens with zero attached hydrogens (tertiary/aromatic N) is 1. The summed E-state index contributed by atoms with van der Waals surface area (Å²) in [6, 6.07) is 1.19. The molecule has 0 saturated heterocycles. The summed E-state index contributed by atoms with van der Waals surface area (Å²) in [5, 5.41) is 28.0.